The molecule has 152 valence electrons. The normalized spacial score (nSPS) is 13.4. The van der Waals surface area contributed by atoms with Crippen LogP contribution in [0.3, 0.4) is 0 Å². The summed E-state index contributed by atoms with van der Waals surface area (Å²) < 4.78 is 9.58. The number of pyridine rings is 1. The van der Waals surface area contributed by atoms with Crippen LogP contribution in [-0.2, 0) is 38.0 Å². The fourth-order valence-electron chi connectivity index (χ4n) is 3.69. The average Bonchev–Trinajstić information content (AvgIpc) is 3.27. The molecule has 0 spiro atoms. The maximum Gasteiger partial charge on any atom is 0.224 e. The van der Waals surface area contributed by atoms with Gasteiger partial charge in [0.2, 0.25) is 11.8 Å². The maximum atomic E-state index is 12.7. The van der Waals surface area contributed by atoms with Crippen LogP contribution >= 0.6 is 0 Å². The van der Waals surface area contributed by atoms with Gasteiger partial charge in [-0.05, 0) is 31.0 Å². The number of ether oxygens (including phenoxy) is 1. The maximum absolute atomic E-state index is 12.7. The number of rotatable bonds is 6. The van der Waals surface area contributed by atoms with Crippen molar-refractivity contribution in [3.63, 3.8) is 0 Å². The molecule has 0 unspecified atom stereocenters. The number of amides is 1. The van der Waals surface area contributed by atoms with Gasteiger partial charge in [0.05, 0.1) is 6.20 Å². The van der Waals surface area contributed by atoms with Crippen molar-refractivity contribution >= 4 is 5.91 Å². The number of hydrogen-bond donors (Lipinski definition) is 0. The van der Waals surface area contributed by atoms with Gasteiger partial charge in [0.25, 0.3) is 0 Å². The fourth-order valence-corrected chi connectivity index (χ4v) is 3.69. The fraction of sp³-hybridized carbons (Fsp3) is 0.429. The van der Waals surface area contributed by atoms with E-state index in [1.165, 1.54) is 5.69 Å². The first kappa shape index (κ1) is 19.2. The summed E-state index contributed by atoms with van der Waals surface area (Å²) in [5.41, 5.74) is 5.33. The Labute approximate surface area is 170 Å². The lowest BCUT2D eigenvalue weighted by atomic mass is 10.0. The summed E-state index contributed by atoms with van der Waals surface area (Å²) in [6, 6.07) is 3.84. The second-order valence-electron chi connectivity index (χ2n) is 7.55. The molecule has 0 saturated carbocycles. The molecule has 1 aliphatic rings. The van der Waals surface area contributed by atoms with Crippen molar-refractivity contribution in [1.82, 2.24) is 29.4 Å². The van der Waals surface area contributed by atoms with Gasteiger partial charge in [-0.1, -0.05) is 0 Å². The molecule has 4 rings (SSSR count). The van der Waals surface area contributed by atoms with E-state index >= 15 is 0 Å². The van der Waals surface area contributed by atoms with Gasteiger partial charge in [0.1, 0.15) is 12.3 Å². The monoisotopic (exact) mass is 394 g/mol. The Morgan fingerprint density at radius 1 is 1.28 bits per heavy atom. The lowest BCUT2D eigenvalue weighted by Gasteiger charge is -2.28. The zero-order valence-corrected chi connectivity index (χ0v) is 17.1. The molecule has 0 fully saturated rings. The highest BCUT2D eigenvalue weighted by Crippen LogP contribution is 2.24. The Hall–Kier alpha value is -3.16. The molecule has 3 aromatic heterocycles. The van der Waals surface area contributed by atoms with Crippen molar-refractivity contribution in [1.29, 1.82) is 0 Å². The van der Waals surface area contributed by atoms with Crippen LogP contribution in [0.5, 0.6) is 5.88 Å². The minimum Gasteiger partial charge on any atom is -0.471 e. The Morgan fingerprint density at radius 2 is 2.14 bits per heavy atom. The molecule has 29 heavy (non-hydrogen) atoms. The minimum absolute atomic E-state index is 0.139. The first-order valence-electron chi connectivity index (χ1n) is 9.85. The van der Waals surface area contributed by atoms with E-state index in [4.69, 9.17) is 4.74 Å². The van der Waals surface area contributed by atoms with Crippen molar-refractivity contribution < 1.29 is 9.53 Å². The van der Waals surface area contributed by atoms with Gasteiger partial charge in [0.15, 0.2) is 0 Å². The third-order valence-electron chi connectivity index (χ3n) is 5.24. The molecule has 3 aromatic rings. The Balaban J connectivity index is 1.41. The van der Waals surface area contributed by atoms with Gasteiger partial charge in [-0.3, -0.25) is 14.2 Å². The summed E-state index contributed by atoms with van der Waals surface area (Å²) in [6.45, 7) is 6.22. The summed E-state index contributed by atoms with van der Waals surface area (Å²) in [5, 5.41) is 8.89. The topological polar surface area (TPSA) is 78.1 Å². The van der Waals surface area contributed by atoms with Crippen LogP contribution in [0.25, 0.3) is 0 Å². The molecule has 0 bridgehead atoms. The first-order chi connectivity index (χ1) is 14.0. The van der Waals surface area contributed by atoms with Crippen LogP contribution in [0.2, 0.25) is 0 Å². The molecular weight excluding hydrogens is 368 g/mol. The molecule has 0 aliphatic carbocycles. The van der Waals surface area contributed by atoms with Crippen LogP contribution in [-0.4, -0.2) is 41.9 Å². The number of carbonyl (C=O) groups is 1. The molecule has 1 amide bonds. The third kappa shape index (κ3) is 4.31. The van der Waals surface area contributed by atoms with Crippen LogP contribution in [0.15, 0.2) is 30.7 Å². The molecule has 0 N–H and O–H groups in total. The second-order valence-corrected chi connectivity index (χ2v) is 7.55. The van der Waals surface area contributed by atoms with Gasteiger partial charge in [-0.25, -0.2) is 4.98 Å². The molecule has 4 heterocycles. The predicted molar refractivity (Wildman–Crippen MR) is 107 cm³/mol. The van der Waals surface area contributed by atoms with Crippen molar-refractivity contribution in [2.24, 2.45) is 7.05 Å². The van der Waals surface area contributed by atoms with Gasteiger partial charge in [-0.2, -0.15) is 10.2 Å². The van der Waals surface area contributed by atoms with Crippen LogP contribution in [0.4, 0.5) is 0 Å². The van der Waals surface area contributed by atoms with Crippen LogP contribution in [0, 0.1) is 13.8 Å². The lowest BCUT2D eigenvalue weighted by molar-refractivity contribution is -0.132. The molecule has 0 aromatic carbocycles. The minimum atomic E-state index is 0.139. The summed E-state index contributed by atoms with van der Waals surface area (Å²) in [4.78, 5) is 18.9. The van der Waals surface area contributed by atoms with E-state index in [0.29, 0.717) is 38.5 Å². The molecule has 8 heteroatoms. The number of hydrogen-bond acceptors (Lipinski definition) is 5. The smallest absolute Gasteiger partial charge is 0.224 e. The predicted octanol–water partition coefficient (Wildman–Crippen LogP) is 2.18. The Kier molecular flexibility index (Phi) is 5.33. The Morgan fingerprint density at radius 3 is 2.90 bits per heavy atom. The Bertz CT molecular complexity index is 1020. The first-order valence-corrected chi connectivity index (χ1v) is 9.85. The summed E-state index contributed by atoms with van der Waals surface area (Å²) >= 11 is 0. The zero-order valence-electron chi connectivity index (χ0n) is 17.1. The highest BCUT2D eigenvalue weighted by Gasteiger charge is 2.26. The van der Waals surface area contributed by atoms with Crippen molar-refractivity contribution in [3.05, 3.63) is 58.8 Å². The number of aromatic nitrogens is 5. The van der Waals surface area contributed by atoms with E-state index in [0.717, 1.165) is 28.8 Å². The van der Waals surface area contributed by atoms with E-state index in [1.54, 1.807) is 6.20 Å². The van der Waals surface area contributed by atoms with Crippen LogP contribution in [0.1, 0.15) is 34.5 Å². The van der Waals surface area contributed by atoms with Gasteiger partial charge in [-0.15, -0.1) is 0 Å². The van der Waals surface area contributed by atoms with E-state index in [1.807, 2.05) is 59.7 Å². The van der Waals surface area contributed by atoms with E-state index in [-0.39, 0.29) is 5.91 Å². The number of aryl methyl sites for hydroxylation is 4. The molecule has 1 aliphatic heterocycles. The van der Waals surface area contributed by atoms with Crippen LogP contribution < -0.4 is 4.74 Å². The van der Waals surface area contributed by atoms with Gasteiger partial charge in [0, 0.05) is 69.2 Å². The molecule has 0 saturated heterocycles. The third-order valence-corrected chi connectivity index (χ3v) is 5.24. The largest absolute Gasteiger partial charge is 0.471 e. The number of fused-ring (bicyclic) bond motifs is 1. The van der Waals surface area contributed by atoms with E-state index < -0.39 is 0 Å². The van der Waals surface area contributed by atoms with E-state index in [9.17, 15) is 4.79 Å². The van der Waals surface area contributed by atoms with E-state index in [2.05, 4.69) is 15.2 Å². The molecular formula is C21H26N6O2. The summed E-state index contributed by atoms with van der Waals surface area (Å²) in [6.07, 6.45) is 6.74. The molecule has 8 nitrogen and oxygen atoms in total. The molecule has 0 atom stereocenters. The zero-order chi connectivity index (χ0) is 20.4. The number of carbonyl (C=O) groups excluding carboxylic acids is 1. The van der Waals surface area contributed by atoms with Crippen molar-refractivity contribution in [3.8, 4) is 5.88 Å². The van der Waals surface area contributed by atoms with Gasteiger partial charge < -0.3 is 9.64 Å². The number of nitrogens with zero attached hydrogens (tertiary/aromatic N) is 6. The molecule has 0 radical (unpaired) electrons. The lowest BCUT2D eigenvalue weighted by Crippen LogP contribution is -2.37. The highest BCUT2D eigenvalue weighted by atomic mass is 16.5. The quantitative estimate of drug-likeness (QED) is 0.640. The van der Waals surface area contributed by atoms with Crippen molar-refractivity contribution in [2.45, 2.75) is 46.4 Å². The standard InChI is InChI=1S/C21H26N6O2/c1-15-4-7-22-20(10-15)29-14-18-17-13-26(8-5-19(17)25(3)24-18)21(28)6-9-27-12-16(2)11-23-27/h4,7,10-12H,5-6,8-9,13-14H2,1-3H3. The highest BCUT2D eigenvalue weighted by molar-refractivity contribution is 5.76. The SMILES string of the molecule is Cc1ccnc(OCc2nn(C)c3c2CN(C(=O)CCn2cc(C)cn2)CC3)c1. The summed E-state index contributed by atoms with van der Waals surface area (Å²) in [5.74, 6) is 0.725. The van der Waals surface area contributed by atoms with Gasteiger partial charge >= 0.3 is 0 Å². The summed E-state index contributed by atoms with van der Waals surface area (Å²) in [7, 11) is 1.95. The van der Waals surface area contributed by atoms with Crippen molar-refractivity contribution in [2.75, 3.05) is 6.54 Å². The second kappa shape index (κ2) is 8.06. The average molecular weight is 394 g/mol.